The Labute approximate surface area is 193 Å². The summed E-state index contributed by atoms with van der Waals surface area (Å²) in [5.74, 6) is -1.28. The lowest BCUT2D eigenvalue weighted by molar-refractivity contribution is -0.148. The Kier molecular flexibility index (Phi) is 9.94. The van der Waals surface area contributed by atoms with Crippen LogP contribution in [0.5, 0.6) is 0 Å². The maximum absolute atomic E-state index is 13.1. The van der Waals surface area contributed by atoms with Gasteiger partial charge in [0.15, 0.2) is 0 Å². The van der Waals surface area contributed by atoms with Gasteiger partial charge in [-0.15, -0.1) is 11.3 Å². The number of amides is 2. The zero-order valence-electron chi connectivity index (χ0n) is 17.5. The van der Waals surface area contributed by atoms with Crippen LogP contribution < -0.4 is 10.0 Å². The largest absolute Gasteiger partial charge is 0.391 e. The molecule has 2 rings (SSSR count). The van der Waals surface area contributed by atoms with E-state index < -0.39 is 42.5 Å². The van der Waals surface area contributed by atoms with Crippen molar-refractivity contribution in [1.82, 2.24) is 14.9 Å². The monoisotopic (exact) mass is 501 g/mol. The molecule has 0 aromatic carbocycles. The molecule has 1 saturated heterocycles. The Morgan fingerprint density at radius 1 is 1.39 bits per heavy atom. The van der Waals surface area contributed by atoms with E-state index >= 15 is 0 Å². The molecule has 31 heavy (non-hydrogen) atoms. The van der Waals surface area contributed by atoms with Crippen molar-refractivity contribution in [2.24, 2.45) is 5.92 Å². The van der Waals surface area contributed by atoms with Crippen molar-refractivity contribution in [1.29, 1.82) is 0 Å². The predicted molar refractivity (Wildman–Crippen MR) is 116 cm³/mol. The number of thiophene rings is 1. The predicted octanol–water partition coefficient (Wildman–Crippen LogP) is 4.10. The summed E-state index contributed by atoms with van der Waals surface area (Å²) in [7, 11) is 1.47. The highest BCUT2D eigenvalue weighted by Crippen LogP contribution is 2.29. The third kappa shape index (κ3) is 8.12. The van der Waals surface area contributed by atoms with Gasteiger partial charge in [0.25, 0.3) is 0 Å². The number of halogens is 4. The summed E-state index contributed by atoms with van der Waals surface area (Å²) in [6.45, 7) is 3.69. The number of carbonyl (C=O) groups is 2. The van der Waals surface area contributed by atoms with E-state index in [2.05, 4.69) is 10.0 Å². The SMILES string of the molecule is COC[C@H](NSc1ccc(Cl)s1)C(=O)N1CCCC1C(=O)NC(CC(F)(F)F)C(C)C. The molecule has 1 aromatic heterocycles. The number of methoxy groups -OCH3 is 1. The fraction of sp³-hybridized carbons (Fsp3) is 0.684. The van der Waals surface area contributed by atoms with E-state index in [0.29, 0.717) is 23.7 Å². The first-order chi connectivity index (χ1) is 14.5. The van der Waals surface area contributed by atoms with Crippen molar-refractivity contribution in [2.75, 3.05) is 20.3 Å². The first kappa shape index (κ1) is 26.2. The average Bonchev–Trinajstić information content (AvgIpc) is 3.31. The van der Waals surface area contributed by atoms with Gasteiger partial charge >= 0.3 is 6.18 Å². The molecule has 0 radical (unpaired) electrons. The van der Waals surface area contributed by atoms with Gasteiger partial charge in [-0.1, -0.05) is 25.4 Å². The van der Waals surface area contributed by atoms with Crippen LogP contribution in [0, 0.1) is 5.92 Å². The zero-order valence-corrected chi connectivity index (χ0v) is 19.9. The number of nitrogens with one attached hydrogen (secondary N) is 2. The van der Waals surface area contributed by atoms with Crippen LogP contribution >= 0.6 is 34.9 Å². The van der Waals surface area contributed by atoms with Gasteiger partial charge in [0, 0.05) is 19.7 Å². The summed E-state index contributed by atoms with van der Waals surface area (Å²) in [6.07, 6.45) is -4.49. The minimum Gasteiger partial charge on any atom is -0.382 e. The number of hydrogen-bond donors (Lipinski definition) is 2. The first-order valence-electron chi connectivity index (χ1n) is 9.86. The van der Waals surface area contributed by atoms with Crippen LogP contribution in [0.1, 0.15) is 33.1 Å². The minimum atomic E-state index is -4.39. The van der Waals surface area contributed by atoms with Crippen LogP contribution in [0.15, 0.2) is 16.3 Å². The third-order valence-corrected chi connectivity index (χ3v) is 7.17. The van der Waals surface area contributed by atoms with Gasteiger partial charge in [0.2, 0.25) is 11.8 Å². The third-order valence-electron chi connectivity index (χ3n) is 4.90. The van der Waals surface area contributed by atoms with E-state index in [1.54, 1.807) is 19.9 Å². The second-order valence-electron chi connectivity index (χ2n) is 7.65. The molecule has 0 aliphatic carbocycles. The van der Waals surface area contributed by atoms with Gasteiger partial charge in [-0.05, 0) is 42.8 Å². The molecule has 2 N–H and O–H groups in total. The Morgan fingerprint density at radius 2 is 2.10 bits per heavy atom. The van der Waals surface area contributed by atoms with Crippen LogP contribution in [0.25, 0.3) is 0 Å². The number of likely N-dealkylation sites (tertiary alicyclic amines) is 1. The van der Waals surface area contributed by atoms with Crippen molar-refractivity contribution < 1.29 is 27.5 Å². The molecule has 12 heteroatoms. The first-order valence-corrected chi connectivity index (χ1v) is 11.9. The molecule has 1 aliphatic heterocycles. The lowest BCUT2D eigenvalue weighted by atomic mass is 10.00. The molecular weight excluding hydrogens is 475 g/mol. The van der Waals surface area contributed by atoms with Gasteiger partial charge in [-0.2, -0.15) is 13.2 Å². The number of alkyl halides is 3. The molecule has 3 atom stereocenters. The van der Waals surface area contributed by atoms with Crippen molar-refractivity contribution in [3.05, 3.63) is 16.5 Å². The molecule has 2 unspecified atom stereocenters. The van der Waals surface area contributed by atoms with E-state index in [-0.39, 0.29) is 12.5 Å². The lowest BCUT2D eigenvalue weighted by Gasteiger charge is -2.30. The van der Waals surface area contributed by atoms with Crippen LogP contribution in [-0.4, -0.2) is 61.3 Å². The minimum absolute atomic E-state index is 0.0818. The fourth-order valence-corrected chi connectivity index (χ4v) is 5.35. The highest BCUT2D eigenvalue weighted by Gasteiger charge is 2.40. The van der Waals surface area contributed by atoms with Crippen LogP contribution in [0.3, 0.4) is 0 Å². The van der Waals surface area contributed by atoms with Crippen LogP contribution in [0.2, 0.25) is 4.34 Å². The molecule has 1 fully saturated rings. The summed E-state index contributed by atoms with van der Waals surface area (Å²) in [6, 6.07) is 0.996. The normalized spacial score (nSPS) is 19.0. The smallest absolute Gasteiger partial charge is 0.382 e. The molecule has 1 aliphatic rings. The molecule has 1 aromatic rings. The van der Waals surface area contributed by atoms with Crippen LogP contribution in [0.4, 0.5) is 13.2 Å². The summed E-state index contributed by atoms with van der Waals surface area (Å²) in [5, 5.41) is 2.51. The van der Waals surface area contributed by atoms with Gasteiger partial charge in [-0.25, -0.2) is 4.72 Å². The van der Waals surface area contributed by atoms with E-state index in [9.17, 15) is 22.8 Å². The number of carbonyl (C=O) groups excluding carboxylic acids is 2. The number of nitrogens with zero attached hydrogens (tertiary/aromatic N) is 1. The Morgan fingerprint density at radius 3 is 2.65 bits per heavy atom. The maximum atomic E-state index is 13.1. The molecule has 2 amide bonds. The standard InChI is InChI=1S/C19H27ClF3N3O3S2/c1-11(2)12(9-19(21,22)23)24-17(27)14-5-4-8-26(14)18(28)13(10-29-3)25-31-16-7-6-15(20)30-16/h6-7,11-14,25H,4-5,8-10H2,1-3H3,(H,24,27)/t12?,13-,14?/m0/s1. The summed E-state index contributed by atoms with van der Waals surface area (Å²) in [4.78, 5) is 27.3. The molecule has 6 nitrogen and oxygen atoms in total. The van der Waals surface area contributed by atoms with Gasteiger partial charge in [0.1, 0.15) is 12.1 Å². The van der Waals surface area contributed by atoms with E-state index in [0.717, 1.165) is 4.21 Å². The van der Waals surface area contributed by atoms with Crippen LogP contribution in [-0.2, 0) is 14.3 Å². The number of ether oxygens (including phenoxy) is 1. The average molecular weight is 502 g/mol. The molecular formula is C19H27ClF3N3O3S2. The number of hydrogen-bond acceptors (Lipinski definition) is 6. The van der Waals surface area contributed by atoms with Crippen molar-refractivity contribution in [2.45, 2.75) is 61.6 Å². The van der Waals surface area contributed by atoms with Crippen molar-refractivity contribution >= 4 is 46.7 Å². The van der Waals surface area contributed by atoms with Gasteiger partial charge < -0.3 is 15.0 Å². The molecule has 0 saturated carbocycles. The van der Waals surface area contributed by atoms with Crippen molar-refractivity contribution in [3.63, 3.8) is 0 Å². The number of rotatable bonds is 10. The van der Waals surface area contributed by atoms with E-state index in [1.807, 2.05) is 6.07 Å². The van der Waals surface area contributed by atoms with E-state index in [1.165, 1.54) is 35.3 Å². The molecule has 2 heterocycles. The maximum Gasteiger partial charge on any atom is 0.391 e. The topological polar surface area (TPSA) is 70.7 Å². The fourth-order valence-electron chi connectivity index (χ4n) is 3.29. The molecule has 176 valence electrons. The second kappa shape index (κ2) is 11.7. The van der Waals surface area contributed by atoms with E-state index in [4.69, 9.17) is 16.3 Å². The zero-order chi connectivity index (χ0) is 23.2. The lowest BCUT2D eigenvalue weighted by Crippen LogP contribution is -2.54. The van der Waals surface area contributed by atoms with Gasteiger partial charge in [-0.3, -0.25) is 9.59 Å². The highest BCUT2D eigenvalue weighted by molar-refractivity contribution is 7.99. The molecule has 0 bridgehead atoms. The second-order valence-corrected chi connectivity index (χ2v) is 10.5. The highest BCUT2D eigenvalue weighted by atomic mass is 35.5. The summed E-state index contributed by atoms with van der Waals surface area (Å²) < 4.78 is 48.3. The summed E-state index contributed by atoms with van der Waals surface area (Å²) >= 11 is 8.52. The van der Waals surface area contributed by atoms with Crippen molar-refractivity contribution in [3.8, 4) is 0 Å². The summed E-state index contributed by atoms with van der Waals surface area (Å²) in [5.41, 5.74) is 0. The molecule has 0 spiro atoms. The Balaban J connectivity index is 2.04. The Hall–Kier alpha value is -1.01. The Bertz CT molecular complexity index is 748. The van der Waals surface area contributed by atoms with Gasteiger partial charge in [0.05, 0.1) is 21.6 Å². The quantitative estimate of drug-likeness (QED) is 0.472.